The van der Waals surface area contributed by atoms with Gasteiger partial charge in [0.05, 0.1) is 7.11 Å². The number of nitrogens with zero attached hydrogens (tertiary/aromatic N) is 2. The summed E-state index contributed by atoms with van der Waals surface area (Å²) in [6, 6.07) is 6.65. The Kier molecular flexibility index (Phi) is 4.54. The van der Waals surface area contributed by atoms with E-state index in [1.165, 1.54) is 23.3 Å². The highest BCUT2D eigenvalue weighted by atomic mass is 32.1. The monoisotopic (exact) mass is 359 g/mol. The predicted octanol–water partition coefficient (Wildman–Crippen LogP) is 2.22. The average molecular weight is 359 g/mol. The molecule has 25 heavy (non-hydrogen) atoms. The number of hydrogen-bond donors (Lipinski definition) is 1. The normalized spacial score (nSPS) is 14.2. The summed E-state index contributed by atoms with van der Waals surface area (Å²) in [5, 5.41) is 2.98. The zero-order chi connectivity index (χ0) is 18.1. The quantitative estimate of drug-likeness (QED) is 0.846. The molecule has 1 N–H and O–H groups in total. The van der Waals surface area contributed by atoms with Crippen LogP contribution in [0, 0.1) is 6.92 Å². The highest BCUT2D eigenvalue weighted by Crippen LogP contribution is 2.26. The van der Waals surface area contributed by atoms with E-state index in [2.05, 4.69) is 15.0 Å². The number of rotatable bonds is 4. The number of esters is 1. The molecule has 0 spiro atoms. The van der Waals surface area contributed by atoms with Crippen molar-refractivity contribution in [2.24, 2.45) is 0 Å². The number of nitrogens with one attached hydrogen (secondary N) is 1. The van der Waals surface area contributed by atoms with Crippen LogP contribution in [0.3, 0.4) is 0 Å². The molecule has 0 saturated carbocycles. The third kappa shape index (κ3) is 3.12. The summed E-state index contributed by atoms with van der Waals surface area (Å²) in [6.45, 7) is 3.79. The number of benzene rings is 1. The van der Waals surface area contributed by atoms with Crippen LogP contribution in [0.25, 0.3) is 0 Å². The third-order valence-corrected chi connectivity index (χ3v) is 4.99. The van der Waals surface area contributed by atoms with Gasteiger partial charge in [-0.15, -0.1) is 11.3 Å². The first-order valence-corrected chi connectivity index (χ1v) is 8.49. The maximum atomic E-state index is 12.5. The standard InChI is InChI=1S/C17H17N3O4S/c1-9(20-8-11-6-4-5-7-12(11)15(20)22)14(21)19-17-18-13(10(2)25-17)16(23)24-3/h4-7,9H,8H2,1-3H3,(H,18,19,21)/t9-/m0/s1. The minimum absolute atomic E-state index is 0.163. The zero-order valence-corrected chi connectivity index (χ0v) is 14.8. The number of aryl methyl sites for hydroxylation is 1. The van der Waals surface area contributed by atoms with Crippen LogP contribution >= 0.6 is 11.3 Å². The first kappa shape index (κ1) is 17.1. The van der Waals surface area contributed by atoms with Crippen molar-refractivity contribution in [2.45, 2.75) is 26.4 Å². The van der Waals surface area contributed by atoms with E-state index in [0.29, 0.717) is 22.1 Å². The summed E-state index contributed by atoms with van der Waals surface area (Å²) < 4.78 is 4.65. The lowest BCUT2D eigenvalue weighted by atomic mass is 10.1. The molecule has 2 amide bonds. The molecule has 0 bridgehead atoms. The van der Waals surface area contributed by atoms with Gasteiger partial charge in [0.1, 0.15) is 6.04 Å². The molecule has 0 unspecified atom stereocenters. The minimum atomic E-state index is -0.661. The number of anilines is 1. The van der Waals surface area contributed by atoms with Gasteiger partial charge in [-0.25, -0.2) is 9.78 Å². The van der Waals surface area contributed by atoms with Crippen molar-refractivity contribution in [3.8, 4) is 0 Å². The molecular weight excluding hydrogens is 342 g/mol. The van der Waals surface area contributed by atoms with Gasteiger partial charge < -0.3 is 15.0 Å². The molecule has 1 aliphatic rings. The number of ether oxygens (including phenoxy) is 1. The average Bonchev–Trinajstić information content (AvgIpc) is 3.14. The summed E-state index contributed by atoms with van der Waals surface area (Å²) in [4.78, 5) is 42.8. The van der Waals surface area contributed by atoms with Crippen molar-refractivity contribution in [2.75, 3.05) is 12.4 Å². The van der Waals surface area contributed by atoms with Gasteiger partial charge >= 0.3 is 5.97 Å². The Morgan fingerprint density at radius 2 is 2.08 bits per heavy atom. The number of carbonyl (C=O) groups excluding carboxylic acids is 3. The summed E-state index contributed by atoms with van der Waals surface area (Å²) in [5.41, 5.74) is 1.71. The van der Waals surface area contributed by atoms with Crippen molar-refractivity contribution in [1.82, 2.24) is 9.88 Å². The number of methoxy groups -OCH3 is 1. The molecule has 1 aromatic carbocycles. The number of amides is 2. The zero-order valence-electron chi connectivity index (χ0n) is 14.0. The van der Waals surface area contributed by atoms with Crippen LogP contribution in [-0.4, -0.2) is 40.8 Å². The molecule has 8 heteroatoms. The fourth-order valence-electron chi connectivity index (χ4n) is 2.68. The molecule has 130 valence electrons. The molecule has 2 heterocycles. The van der Waals surface area contributed by atoms with Crippen LogP contribution in [0.2, 0.25) is 0 Å². The van der Waals surface area contributed by atoms with Gasteiger partial charge in [0, 0.05) is 17.0 Å². The van der Waals surface area contributed by atoms with Crippen molar-refractivity contribution in [3.63, 3.8) is 0 Å². The number of thiazole rings is 1. The maximum Gasteiger partial charge on any atom is 0.357 e. The van der Waals surface area contributed by atoms with E-state index >= 15 is 0 Å². The predicted molar refractivity (Wildman–Crippen MR) is 92.6 cm³/mol. The fraction of sp³-hybridized carbons (Fsp3) is 0.294. The van der Waals surface area contributed by atoms with E-state index in [1.807, 2.05) is 12.1 Å². The van der Waals surface area contributed by atoms with E-state index in [9.17, 15) is 14.4 Å². The Bertz CT molecular complexity index is 861. The van der Waals surface area contributed by atoms with Crippen LogP contribution < -0.4 is 5.32 Å². The van der Waals surface area contributed by atoms with Crippen molar-refractivity contribution >= 4 is 34.3 Å². The summed E-state index contributed by atoms with van der Waals surface area (Å²) in [6.07, 6.45) is 0. The van der Waals surface area contributed by atoms with Crippen LogP contribution in [-0.2, 0) is 16.1 Å². The largest absolute Gasteiger partial charge is 0.464 e. The Labute approximate surface area is 148 Å². The SMILES string of the molecule is COC(=O)c1nc(NC(=O)[C@H](C)N2Cc3ccccc3C2=O)sc1C. The Morgan fingerprint density at radius 1 is 1.36 bits per heavy atom. The highest BCUT2D eigenvalue weighted by Gasteiger charge is 2.34. The van der Waals surface area contributed by atoms with Gasteiger partial charge in [-0.05, 0) is 25.5 Å². The van der Waals surface area contributed by atoms with E-state index in [0.717, 1.165) is 5.56 Å². The van der Waals surface area contributed by atoms with Crippen LogP contribution in [0.4, 0.5) is 5.13 Å². The number of hydrogen-bond acceptors (Lipinski definition) is 6. The second kappa shape index (κ2) is 6.64. The number of fused-ring (bicyclic) bond motifs is 1. The Balaban J connectivity index is 1.72. The van der Waals surface area contributed by atoms with Crippen molar-refractivity contribution < 1.29 is 19.1 Å². The van der Waals surface area contributed by atoms with Gasteiger partial charge in [-0.2, -0.15) is 0 Å². The second-order valence-corrected chi connectivity index (χ2v) is 6.87. The molecule has 3 rings (SSSR count). The van der Waals surface area contributed by atoms with E-state index in [-0.39, 0.29) is 17.5 Å². The van der Waals surface area contributed by atoms with Gasteiger partial charge in [0.15, 0.2) is 10.8 Å². The first-order valence-electron chi connectivity index (χ1n) is 7.68. The van der Waals surface area contributed by atoms with Gasteiger partial charge in [-0.3, -0.25) is 9.59 Å². The summed E-state index contributed by atoms with van der Waals surface area (Å²) in [7, 11) is 1.28. The number of aromatic nitrogens is 1. The molecule has 1 aliphatic heterocycles. The highest BCUT2D eigenvalue weighted by molar-refractivity contribution is 7.16. The van der Waals surface area contributed by atoms with Gasteiger partial charge in [0.25, 0.3) is 5.91 Å². The third-order valence-electron chi connectivity index (χ3n) is 4.10. The lowest BCUT2D eigenvalue weighted by Crippen LogP contribution is -2.42. The van der Waals surface area contributed by atoms with Crippen LogP contribution in [0.1, 0.15) is 38.2 Å². The molecule has 0 fully saturated rings. The lowest BCUT2D eigenvalue weighted by molar-refractivity contribution is -0.120. The Morgan fingerprint density at radius 3 is 2.76 bits per heavy atom. The smallest absolute Gasteiger partial charge is 0.357 e. The molecule has 0 saturated heterocycles. The fourth-order valence-corrected chi connectivity index (χ4v) is 3.48. The van der Waals surface area contributed by atoms with Crippen molar-refractivity contribution in [1.29, 1.82) is 0 Å². The molecular formula is C17H17N3O4S. The molecule has 7 nitrogen and oxygen atoms in total. The second-order valence-electron chi connectivity index (χ2n) is 5.67. The van der Waals surface area contributed by atoms with Crippen molar-refractivity contribution in [3.05, 3.63) is 46.0 Å². The van der Waals surface area contributed by atoms with Crippen LogP contribution in [0.15, 0.2) is 24.3 Å². The van der Waals surface area contributed by atoms with E-state index in [4.69, 9.17) is 0 Å². The van der Waals surface area contributed by atoms with Crippen LogP contribution in [0.5, 0.6) is 0 Å². The van der Waals surface area contributed by atoms with Gasteiger partial charge in [0.2, 0.25) is 5.91 Å². The topological polar surface area (TPSA) is 88.6 Å². The molecule has 0 aliphatic carbocycles. The number of carbonyl (C=O) groups is 3. The lowest BCUT2D eigenvalue weighted by Gasteiger charge is -2.22. The minimum Gasteiger partial charge on any atom is -0.464 e. The Hall–Kier alpha value is -2.74. The van der Waals surface area contributed by atoms with E-state index < -0.39 is 12.0 Å². The summed E-state index contributed by atoms with van der Waals surface area (Å²) >= 11 is 1.19. The maximum absolute atomic E-state index is 12.5. The molecule has 1 atom stereocenters. The molecule has 1 aromatic heterocycles. The van der Waals surface area contributed by atoms with E-state index in [1.54, 1.807) is 26.0 Å². The first-order chi connectivity index (χ1) is 11.9. The molecule has 0 radical (unpaired) electrons. The summed E-state index contributed by atoms with van der Waals surface area (Å²) in [5.74, 6) is -1.07. The molecule has 2 aromatic rings. The van der Waals surface area contributed by atoms with Gasteiger partial charge in [-0.1, -0.05) is 18.2 Å².